The zero-order valence-corrected chi connectivity index (χ0v) is 30.6. The van der Waals surface area contributed by atoms with Crippen molar-refractivity contribution in [3.05, 3.63) is 70.2 Å². The molecule has 4 heterocycles. The molecule has 2 aromatic heterocycles. The molecule has 1 N–H and O–H groups in total. The minimum absolute atomic E-state index is 0.0159. The third-order valence-corrected chi connectivity index (χ3v) is 11.2. The van der Waals surface area contributed by atoms with Gasteiger partial charge in [0.1, 0.15) is 17.8 Å². The normalized spacial score (nSPS) is 20.8. The Morgan fingerprint density at radius 3 is 2.48 bits per heavy atom. The molecule has 7 rings (SSSR count). The fraction of sp³-hybridized carbons (Fsp3) is 0.526. The van der Waals surface area contributed by atoms with Crippen LogP contribution >= 0.6 is 0 Å². The van der Waals surface area contributed by atoms with E-state index in [-0.39, 0.29) is 23.1 Å². The number of hydrogen-bond acceptors (Lipinski definition) is 11. The number of carbonyl (C=O) groups excluding carboxylic acids is 1. The Labute approximate surface area is 304 Å². The van der Waals surface area contributed by atoms with Gasteiger partial charge in [0.25, 0.3) is 5.69 Å². The molecular weight excluding hydrogens is 662 g/mol. The summed E-state index contributed by atoms with van der Waals surface area (Å²) < 4.78 is 13.0. The summed E-state index contributed by atoms with van der Waals surface area (Å²) in [5.41, 5.74) is 3.31. The number of carbonyl (C=O) groups is 1. The van der Waals surface area contributed by atoms with Crippen LogP contribution in [-0.2, 0) is 16.8 Å². The molecule has 1 aliphatic carbocycles. The predicted molar refractivity (Wildman–Crippen MR) is 198 cm³/mol. The van der Waals surface area contributed by atoms with Gasteiger partial charge in [0.05, 0.1) is 30.7 Å². The zero-order chi connectivity index (χ0) is 36.4. The van der Waals surface area contributed by atoms with E-state index in [1.165, 1.54) is 28.2 Å². The third-order valence-electron chi connectivity index (χ3n) is 11.2. The van der Waals surface area contributed by atoms with E-state index in [4.69, 9.17) is 9.47 Å². The molecule has 4 aromatic rings. The molecule has 1 saturated carbocycles. The first-order valence-electron chi connectivity index (χ1n) is 18.4. The summed E-state index contributed by atoms with van der Waals surface area (Å²) in [5, 5.41) is 20.5. The van der Waals surface area contributed by atoms with E-state index >= 15 is 0 Å². The first kappa shape index (κ1) is 35.6. The van der Waals surface area contributed by atoms with Gasteiger partial charge in [0.2, 0.25) is 5.91 Å². The van der Waals surface area contributed by atoms with Gasteiger partial charge in [-0.25, -0.2) is 14.6 Å². The van der Waals surface area contributed by atoms with Crippen molar-refractivity contribution in [2.24, 2.45) is 5.92 Å². The predicted octanol–water partition coefficient (Wildman–Crippen LogP) is 4.72. The van der Waals surface area contributed by atoms with Crippen molar-refractivity contribution >= 4 is 28.4 Å². The second kappa shape index (κ2) is 15.0. The van der Waals surface area contributed by atoms with Crippen LogP contribution in [-0.4, -0.2) is 106 Å². The van der Waals surface area contributed by atoms with Crippen LogP contribution in [0.4, 0.5) is 11.5 Å². The van der Waals surface area contributed by atoms with Crippen molar-refractivity contribution in [3.63, 3.8) is 0 Å². The molecule has 2 aliphatic heterocycles. The van der Waals surface area contributed by atoms with E-state index < -0.39 is 4.92 Å². The van der Waals surface area contributed by atoms with Crippen LogP contribution < -0.4 is 19.7 Å². The standard InChI is InChI=1S/C38H49N9O5/c1-26(2)39-15-7-16-45-17-12-28-22-33(51-3)34(52-4)23-30(28)38(45)13-10-27(11-14-38)37(48)44-20-18-43(19-21-44)35-29-24-42-46(36(29)41-25-40-35)31-8-5-6-9-32(31)47(49)50/h5-6,8-9,22-27,39H,7,10-21H2,1-4H3. The molecule has 1 saturated heterocycles. The first-order chi connectivity index (χ1) is 25.2. The smallest absolute Gasteiger partial charge is 0.294 e. The average molecular weight is 712 g/mol. The van der Waals surface area contributed by atoms with Crippen molar-refractivity contribution in [1.82, 2.24) is 34.9 Å². The van der Waals surface area contributed by atoms with Crippen LogP contribution in [0, 0.1) is 16.0 Å². The number of anilines is 1. The molecule has 2 aromatic carbocycles. The highest BCUT2D eigenvalue weighted by Crippen LogP contribution is 2.50. The highest BCUT2D eigenvalue weighted by molar-refractivity contribution is 5.88. The lowest BCUT2D eigenvalue weighted by Crippen LogP contribution is -2.55. The molecule has 2 fully saturated rings. The Balaban J connectivity index is 1.04. The highest BCUT2D eigenvalue weighted by Gasteiger charge is 2.47. The Hall–Kier alpha value is -4.82. The SMILES string of the molecule is COc1cc2c(cc1OC)C1(CCC(C(=O)N3CCN(c4ncnc5c4cnn5-c4ccccc4[N+](=O)[O-])CC3)CC1)N(CCCNC(C)C)CC2. The fourth-order valence-electron chi connectivity index (χ4n) is 8.57. The molecule has 0 unspecified atom stereocenters. The number of piperazine rings is 1. The van der Waals surface area contributed by atoms with Crippen LogP contribution in [0.3, 0.4) is 0 Å². The Morgan fingerprint density at radius 1 is 1.04 bits per heavy atom. The summed E-state index contributed by atoms with van der Waals surface area (Å²) in [6.45, 7) is 9.78. The Kier molecular flexibility index (Phi) is 10.3. The lowest BCUT2D eigenvalue weighted by molar-refractivity contribution is -0.384. The number of fused-ring (bicyclic) bond motifs is 3. The number of nitro benzene ring substituents is 1. The molecule has 52 heavy (non-hydrogen) atoms. The lowest BCUT2D eigenvalue weighted by Gasteiger charge is -2.52. The molecule has 14 nitrogen and oxygen atoms in total. The molecule has 14 heteroatoms. The van der Waals surface area contributed by atoms with Gasteiger partial charge in [-0.3, -0.25) is 19.8 Å². The number of ether oxygens (including phenoxy) is 2. The van der Waals surface area contributed by atoms with Crippen LogP contribution in [0.5, 0.6) is 11.5 Å². The van der Waals surface area contributed by atoms with Crippen molar-refractivity contribution < 1.29 is 19.2 Å². The molecule has 0 bridgehead atoms. The molecule has 1 spiro atoms. The van der Waals surface area contributed by atoms with E-state index in [0.717, 1.165) is 69.7 Å². The van der Waals surface area contributed by atoms with Gasteiger partial charge in [0.15, 0.2) is 17.1 Å². The number of methoxy groups -OCH3 is 2. The summed E-state index contributed by atoms with van der Waals surface area (Å²) >= 11 is 0. The maximum absolute atomic E-state index is 14.1. The number of nitrogens with zero attached hydrogens (tertiary/aromatic N) is 8. The van der Waals surface area contributed by atoms with Gasteiger partial charge >= 0.3 is 0 Å². The van der Waals surface area contributed by atoms with E-state index in [1.807, 2.05) is 4.90 Å². The molecular formula is C38H49N9O5. The molecule has 3 aliphatic rings. The highest BCUT2D eigenvalue weighted by atomic mass is 16.6. The van der Waals surface area contributed by atoms with E-state index in [0.29, 0.717) is 54.8 Å². The van der Waals surface area contributed by atoms with Crippen molar-refractivity contribution in [3.8, 4) is 17.2 Å². The van der Waals surface area contributed by atoms with Gasteiger partial charge in [-0.2, -0.15) is 5.10 Å². The zero-order valence-electron chi connectivity index (χ0n) is 30.6. The average Bonchev–Trinajstić information content (AvgIpc) is 3.61. The monoisotopic (exact) mass is 711 g/mol. The van der Waals surface area contributed by atoms with Gasteiger partial charge in [-0.05, 0) is 74.4 Å². The number of nitrogens with one attached hydrogen (secondary N) is 1. The van der Waals surface area contributed by atoms with Crippen molar-refractivity contribution in [2.75, 3.05) is 64.9 Å². The lowest BCUT2D eigenvalue weighted by atomic mass is 9.68. The van der Waals surface area contributed by atoms with Crippen LogP contribution in [0.25, 0.3) is 16.7 Å². The Bertz CT molecular complexity index is 1910. The van der Waals surface area contributed by atoms with Gasteiger partial charge in [-0.15, -0.1) is 0 Å². The van der Waals surface area contributed by atoms with E-state index in [9.17, 15) is 14.9 Å². The van der Waals surface area contributed by atoms with Crippen LogP contribution in [0.2, 0.25) is 0 Å². The second-order valence-electron chi connectivity index (χ2n) is 14.4. The maximum atomic E-state index is 14.1. The summed E-state index contributed by atoms with van der Waals surface area (Å²) in [6, 6.07) is 11.3. The number of amides is 1. The van der Waals surface area contributed by atoms with E-state index in [1.54, 1.807) is 38.6 Å². The number of rotatable bonds is 11. The molecule has 0 radical (unpaired) electrons. The van der Waals surface area contributed by atoms with Crippen molar-refractivity contribution in [1.29, 1.82) is 0 Å². The van der Waals surface area contributed by atoms with Crippen molar-refractivity contribution in [2.45, 2.75) is 64.0 Å². The largest absolute Gasteiger partial charge is 0.493 e. The van der Waals surface area contributed by atoms with Gasteiger partial charge in [-0.1, -0.05) is 26.0 Å². The molecule has 1 amide bonds. The summed E-state index contributed by atoms with van der Waals surface area (Å²) in [6.07, 6.45) is 8.69. The van der Waals surface area contributed by atoms with Crippen LogP contribution in [0.1, 0.15) is 57.1 Å². The number of nitro groups is 1. The number of para-hydroxylation sites is 2. The summed E-state index contributed by atoms with van der Waals surface area (Å²) in [4.78, 5) is 41.2. The van der Waals surface area contributed by atoms with E-state index in [2.05, 4.69) is 56.2 Å². The third kappa shape index (κ3) is 6.65. The number of hydrogen-bond donors (Lipinski definition) is 1. The summed E-state index contributed by atoms with van der Waals surface area (Å²) in [5.74, 6) is 2.47. The number of aromatic nitrogens is 4. The summed E-state index contributed by atoms with van der Waals surface area (Å²) in [7, 11) is 3.39. The topological polar surface area (TPSA) is 144 Å². The van der Waals surface area contributed by atoms with Gasteiger partial charge < -0.3 is 24.6 Å². The minimum Gasteiger partial charge on any atom is -0.493 e. The molecule has 0 atom stereocenters. The quantitative estimate of drug-likeness (QED) is 0.131. The number of benzene rings is 2. The minimum atomic E-state index is -0.418. The second-order valence-corrected chi connectivity index (χ2v) is 14.4. The maximum Gasteiger partial charge on any atom is 0.294 e. The fourth-order valence-corrected chi connectivity index (χ4v) is 8.57. The first-order valence-corrected chi connectivity index (χ1v) is 18.4. The van der Waals surface area contributed by atoms with Crippen LogP contribution in [0.15, 0.2) is 48.9 Å². The Morgan fingerprint density at radius 2 is 1.77 bits per heavy atom. The molecule has 276 valence electrons. The van der Waals surface area contributed by atoms with Gasteiger partial charge in [0, 0.05) is 62.8 Å².